The fourth-order valence-electron chi connectivity index (χ4n) is 4.99. The van der Waals surface area contributed by atoms with Gasteiger partial charge in [0.2, 0.25) is 5.90 Å². The van der Waals surface area contributed by atoms with Gasteiger partial charge in [-0.05, 0) is 40.5 Å². The first-order chi connectivity index (χ1) is 18.6. The third-order valence-corrected chi connectivity index (χ3v) is 11.9. The van der Waals surface area contributed by atoms with E-state index in [1.54, 1.807) is 13.0 Å². The first-order valence-electron chi connectivity index (χ1n) is 13.0. The molecule has 0 fully saturated rings. The first kappa shape index (κ1) is 28.2. The fourth-order valence-corrected chi connectivity index (χ4v) is 9.49. The molecule has 0 saturated heterocycles. The molecular formula is C32H35NO5Si. The van der Waals surface area contributed by atoms with Gasteiger partial charge in [0.05, 0.1) is 6.61 Å². The van der Waals surface area contributed by atoms with E-state index in [1.807, 2.05) is 72.8 Å². The topological polar surface area (TPSA) is 74.2 Å². The molecule has 0 N–H and O–H groups in total. The molecule has 202 valence electrons. The van der Waals surface area contributed by atoms with Crippen molar-refractivity contribution < 1.29 is 23.5 Å². The second kappa shape index (κ2) is 11.5. The summed E-state index contributed by atoms with van der Waals surface area (Å²) in [4.78, 5) is 29.6. The first-order valence-corrected chi connectivity index (χ1v) is 15.0. The maximum absolute atomic E-state index is 13.0. The number of esters is 2. The molecule has 39 heavy (non-hydrogen) atoms. The number of aliphatic imine (C=N–C) groups is 1. The number of rotatable bonds is 9. The number of carbonyl (C=O) groups excluding carboxylic acids is 2. The van der Waals surface area contributed by atoms with E-state index in [9.17, 15) is 9.59 Å². The Balaban J connectivity index is 1.65. The highest BCUT2D eigenvalue weighted by atomic mass is 28.4. The lowest BCUT2D eigenvalue weighted by Gasteiger charge is -2.42. The normalized spacial score (nSPS) is 18.5. The minimum Gasteiger partial charge on any atom is -0.455 e. The predicted octanol–water partition coefficient (Wildman–Crippen LogP) is 4.81. The molecule has 0 spiro atoms. The van der Waals surface area contributed by atoms with Crippen LogP contribution in [0.3, 0.4) is 0 Å². The van der Waals surface area contributed by atoms with Crippen LogP contribution in [0.25, 0.3) is 0 Å². The molecule has 0 saturated carbocycles. The average Bonchev–Trinajstić information content (AvgIpc) is 3.23. The number of ether oxygens (including phenoxy) is 2. The second-order valence-electron chi connectivity index (χ2n) is 10.8. The Labute approximate surface area is 231 Å². The minimum atomic E-state index is -2.75. The van der Waals surface area contributed by atoms with Crippen molar-refractivity contribution in [3.8, 4) is 0 Å². The van der Waals surface area contributed by atoms with Crippen LogP contribution in [-0.2, 0) is 23.5 Å². The Morgan fingerprint density at radius 2 is 1.46 bits per heavy atom. The van der Waals surface area contributed by atoms with E-state index < -0.39 is 31.9 Å². The zero-order valence-electron chi connectivity index (χ0n) is 23.1. The van der Waals surface area contributed by atoms with E-state index in [-0.39, 0.29) is 17.5 Å². The number of hydrogen-bond donors (Lipinski definition) is 0. The number of hydrogen-bond acceptors (Lipinski definition) is 6. The van der Waals surface area contributed by atoms with Gasteiger partial charge in [-0.2, -0.15) is 0 Å². The van der Waals surface area contributed by atoms with Crippen LogP contribution in [0.1, 0.15) is 40.2 Å². The number of nitrogens with zero attached hydrogens (tertiary/aromatic N) is 1. The summed E-state index contributed by atoms with van der Waals surface area (Å²) in [6.45, 7) is 9.81. The van der Waals surface area contributed by atoms with Crippen LogP contribution in [0.2, 0.25) is 5.04 Å². The summed E-state index contributed by atoms with van der Waals surface area (Å²) in [5, 5.41) is 2.14. The Bertz CT molecular complexity index is 1310. The van der Waals surface area contributed by atoms with Gasteiger partial charge in [-0.3, -0.25) is 4.79 Å². The second-order valence-corrected chi connectivity index (χ2v) is 15.1. The molecule has 6 nitrogen and oxygen atoms in total. The van der Waals surface area contributed by atoms with Crippen molar-refractivity contribution >= 4 is 36.5 Å². The monoisotopic (exact) mass is 541 g/mol. The van der Waals surface area contributed by atoms with E-state index in [2.05, 4.69) is 50.0 Å². The highest BCUT2D eigenvalue weighted by molar-refractivity contribution is 6.99. The average molecular weight is 542 g/mol. The van der Waals surface area contributed by atoms with Gasteiger partial charge < -0.3 is 13.9 Å². The molecule has 7 heteroatoms. The summed E-state index contributed by atoms with van der Waals surface area (Å²) in [6, 6.07) is 29.9. The van der Waals surface area contributed by atoms with Crippen LogP contribution >= 0.6 is 0 Å². The quantitative estimate of drug-likeness (QED) is 0.221. The number of benzene rings is 3. The van der Waals surface area contributed by atoms with Crippen molar-refractivity contribution in [1.29, 1.82) is 0 Å². The summed E-state index contributed by atoms with van der Waals surface area (Å²) in [7, 11) is -2.75. The van der Waals surface area contributed by atoms with Gasteiger partial charge in [-0.25, -0.2) is 9.79 Å². The molecule has 0 aromatic heterocycles. The van der Waals surface area contributed by atoms with Crippen molar-refractivity contribution in [2.45, 2.75) is 51.3 Å². The molecule has 0 aliphatic carbocycles. The largest absolute Gasteiger partial charge is 0.455 e. The number of carbonyl (C=O) groups is 2. The molecule has 3 aromatic carbocycles. The van der Waals surface area contributed by atoms with Crippen molar-refractivity contribution in [2.75, 3.05) is 6.61 Å². The maximum Gasteiger partial charge on any atom is 0.344 e. The SMILES string of the molecule is CC(=O)O[C@H](/C=C/CO[Si](c1ccccc1)(c1ccccc1)C(C)(C)C)[C@@]1(C)N=C(c2ccccc2)OC1=O. The van der Waals surface area contributed by atoms with Crippen LogP contribution < -0.4 is 10.4 Å². The van der Waals surface area contributed by atoms with Crippen LogP contribution in [0.4, 0.5) is 0 Å². The van der Waals surface area contributed by atoms with Gasteiger partial charge in [0, 0.05) is 12.5 Å². The third-order valence-electron chi connectivity index (χ3n) is 6.93. The van der Waals surface area contributed by atoms with E-state index >= 15 is 0 Å². The standard InChI is InChI=1S/C32H35NO5Si/c1-24(34)37-28(32(5)30(35)38-29(33-32)25-16-9-6-10-17-25)22-15-23-36-39(31(2,3)4,26-18-11-7-12-19-26)27-20-13-8-14-21-27/h6-22,28H,23H2,1-5H3/b22-15+/t28-,32-/m1/s1. The molecule has 0 radical (unpaired) electrons. The molecule has 0 amide bonds. The molecule has 1 aliphatic heterocycles. The molecule has 4 rings (SSSR count). The molecule has 0 unspecified atom stereocenters. The smallest absolute Gasteiger partial charge is 0.344 e. The summed E-state index contributed by atoms with van der Waals surface area (Å²) < 4.78 is 18.0. The van der Waals surface area contributed by atoms with Crippen LogP contribution in [0.15, 0.2) is 108 Å². The van der Waals surface area contributed by atoms with E-state index in [4.69, 9.17) is 13.9 Å². The fraction of sp³-hybridized carbons (Fsp3) is 0.281. The van der Waals surface area contributed by atoms with Crippen LogP contribution in [-0.4, -0.2) is 44.4 Å². The Morgan fingerprint density at radius 3 is 1.95 bits per heavy atom. The van der Waals surface area contributed by atoms with E-state index in [0.29, 0.717) is 5.56 Å². The summed E-state index contributed by atoms with van der Waals surface area (Å²) in [6.07, 6.45) is 2.52. The van der Waals surface area contributed by atoms with Crippen molar-refractivity contribution in [3.63, 3.8) is 0 Å². The van der Waals surface area contributed by atoms with E-state index in [1.165, 1.54) is 6.92 Å². The third kappa shape index (κ3) is 5.79. The van der Waals surface area contributed by atoms with Crippen molar-refractivity contribution in [3.05, 3.63) is 109 Å². The van der Waals surface area contributed by atoms with E-state index in [0.717, 1.165) is 10.4 Å². The lowest BCUT2D eigenvalue weighted by atomic mass is 9.95. The van der Waals surface area contributed by atoms with Gasteiger partial charge in [0.1, 0.15) is 0 Å². The molecular weight excluding hydrogens is 506 g/mol. The predicted molar refractivity (Wildman–Crippen MR) is 156 cm³/mol. The lowest BCUT2D eigenvalue weighted by molar-refractivity contribution is -0.152. The van der Waals surface area contributed by atoms with Gasteiger partial charge in [-0.1, -0.05) is 106 Å². The molecule has 3 aromatic rings. The van der Waals surface area contributed by atoms with Gasteiger partial charge >= 0.3 is 11.9 Å². The summed E-state index contributed by atoms with van der Waals surface area (Å²) >= 11 is 0. The number of cyclic esters (lactones) is 1. The van der Waals surface area contributed by atoms with Gasteiger partial charge in [0.25, 0.3) is 8.32 Å². The maximum atomic E-state index is 13.0. The highest BCUT2D eigenvalue weighted by Crippen LogP contribution is 2.37. The van der Waals surface area contributed by atoms with Crippen LogP contribution in [0, 0.1) is 0 Å². The highest BCUT2D eigenvalue weighted by Gasteiger charge is 2.51. The van der Waals surface area contributed by atoms with Crippen molar-refractivity contribution in [2.24, 2.45) is 4.99 Å². The zero-order valence-corrected chi connectivity index (χ0v) is 24.1. The van der Waals surface area contributed by atoms with Crippen molar-refractivity contribution in [1.82, 2.24) is 0 Å². The molecule has 2 atom stereocenters. The Hall–Kier alpha value is -3.81. The molecule has 0 bridgehead atoms. The Kier molecular flexibility index (Phi) is 8.33. The zero-order chi connectivity index (χ0) is 28.1. The summed E-state index contributed by atoms with van der Waals surface area (Å²) in [5.74, 6) is -0.891. The van der Waals surface area contributed by atoms with Gasteiger partial charge in [-0.15, -0.1) is 0 Å². The lowest BCUT2D eigenvalue weighted by Crippen LogP contribution is -2.66. The molecule has 1 heterocycles. The van der Waals surface area contributed by atoms with Crippen LogP contribution in [0.5, 0.6) is 0 Å². The Morgan fingerprint density at radius 1 is 0.949 bits per heavy atom. The van der Waals surface area contributed by atoms with Gasteiger partial charge in [0.15, 0.2) is 11.6 Å². The minimum absolute atomic E-state index is 0.186. The summed E-state index contributed by atoms with van der Waals surface area (Å²) in [5.41, 5.74) is -0.750. The molecule has 1 aliphatic rings.